The molecule has 0 bridgehead atoms. The summed E-state index contributed by atoms with van der Waals surface area (Å²) >= 11 is 0. The van der Waals surface area contributed by atoms with Gasteiger partial charge in [0.1, 0.15) is 12.4 Å². The molecule has 1 heterocycles. The Kier molecular flexibility index (Phi) is 8.75. The summed E-state index contributed by atoms with van der Waals surface area (Å²) < 4.78 is 1.80. The number of nitrogens with zero attached hydrogens (tertiary/aromatic N) is 3. The van der Waals surface area contributed by atoms with E-state index in [1.807, 2.05) is 37.3 Å². The summed E-state index contributed by atoms with van der Waals surface area (Å²) in [6, 6.07) is 9.99. The zero-order valence-electron chi connectivity index (χ0n) is 21.5. The summed E-state index contributed by atoms with van der Waals surface area (Å²) in [6.07, 6.45) is 7.40. The smallest absolute Gasteiger partial charge is 0.318 e. The van der Waals surface area contributed by atoms with Gasteiger partial charge in [0, 0.05) is 24.1 Å². The van der Waals surface area contributed by atoms with Gasteiger partial charge >= 0.3 is 6.03 Å². The highest BCUT2D eigenvalue weighted by molar-refractivity contribution is 5.94. The van der Waals surface area contributed by atoms with Gasteiger partial charge in [-0.25, -0.2) is 9.48 Å². The Bertz CT molecular complexity index is 970. The van der Waals surface area contributed by atoms with E-state index in [4.69, 9.17) is 5.10 Å². The van der Waals surface area contributed by atoms with Gasteiger partial charge in [-0.3, -0.25) is 4.79 Å². The fourth-order valence-corrected chi connectivity index (χ4v) is 4.29. The van der Waals surface area contributed by atoms with Crippen molar-refractivity contribution in [2.24, 2.45) is 0 Å². The predicted molar refractivity (Wildman–Crippen MR) is 138 cm³/mol. The van der Waals surface area contributed by atoms with Crippen LogP contribution in [0.3, 0.4) is 0 Å². The molecule has 2 N–H and O–H groups in total. The second kappa shape index (κ2) is 11.5. The van der Waals surface area contributed by atoms with Crippen LogP contribution in [0.4, 0.5) is 10.6 Å². The SMILES string of the molecule is CCCCN(CC(=O)Nc1cc(C(C)(C)C)nn1-c1ccccc1C)C(=O)NC1CCCCC1. The third-order valence-corrected chi connectivity index (χ3v) is 6.42. The molecule has 7 heteroatoms. The molecule has 0 unspecified atom stereocenters. The maximum Gasteiger partial charge on any atom is 0.318 e. The lowest BCUT2D eigenvalue weighted by Crippen LogP contribution is -2.48. The van der Waals surface area contributed by atoms with E-state index in [0.717, 1.165) is 55.5 Å². The second-order valence-corrected chi connectivity index (χ2v) is 10.5. The first-order valence-corrected chi connectivity index (χ1v) is 12.7. The number of carbonyl (C=O) groups is 2. The van der Waals surface area contributed by atoms with Gasteiger partial charge in [0.15, 0.2) is 0 Å². The average Bonchev–Trinajstić information content (AvgIpc) is 3.21. The van der Waals surface area contributed by atoms with Crippen molar-refractivity contribution in [1.29, 1.82) is 0 Å². The predicted octanol–water partition coefficient (Wildman–Crippen LogP) is 5.56. The molecule has 1 aromatic heterocycles. The van der Waals surface area contributed by atoms with Gasteiger partial charge in [0.25, 0.3) is 0 Å². The largest absolute Gasteiger partial charge is 0.335 e. The Morgan fingerprint density at radius 1 is 1.15 bits per heavy atom. The molecule has 1 fully saturated rings. The van der Waals surface area contributed by atoms with Crippen LogP contribution in [0, 0.1) is 6.92 Å². The molecule has 0 spiro atoms. The number of rotatable bonds is 8. The molecule has 1 aliphatic rings. The first kappa shape index (κ1) is 25.8. The molecular formula is C27H41N5O2. The number of urea groups is 1. The molecule has 3 amide bonds. The van der Waals surface area contributed by atoms with Crippen molar-refractivity contribution < 1.29 is 9.59 Å². The van der Waals surface area contributed by atoms with E-state index >= 15 is 0 Å². The highest BCUT2D eigenvalue weighted by atomic mass is 16.2. The van der Waals surface area contributed by atoms with Crippen LogP contribution in [0.5, 0.6) is 0 Å². The number of amides is 3. The Morgan fingerprint density at radius 2 is 1.85 bits per heavy atom. The number of nitrogens with one attached hydrogen (secondary N) is 2. The lowest BCUT2D eigenvalue weighted by molar-refractivity contribution is -0.116. The third-order valence-electron chi connectivity index (χ3n) is 6.42. The number of aromatic nitrogens is 2. The van der Waals surface area contributed by atoms with Gasteiger partial charge in [-0.05, 0) is 37.8 Å². The minimum absolute atomic E-state index is 0.0162. The number of benzene rings is 1. The minimum atomic E-state index is -0.218. The van der Waals surface area contributed by atoms with Gasteiger partial charge < -0.3 is 15.5 Å². The summed E-state index contributed by atoms with van der Waals surface area (Å²) in [5.41, 5.74) is 2.72. The molecule has 0 aliphatic heterocycles. The molecule has 1 aliphatic carbocycles. The molecule has 0 atom stereocenters. The highest BCUT2D eigenvalue weighted by Gasteiger charge is 2.24. The van der Waals surface area contributed by atoms with Crippen LogP contribution in [-0.4, -0.2) is 45.8 Å². The molecule has 2 aromatic rings. The summed E-state index contributed by atoms with van der Waals surface area (Å²) in [5, 5.41) is 11.0. The lowest BCUT2D eigenvalue weighted by atomic mass is 9.92. The van der Waals surface area contributed by atoms with Crippen LogP contribution in [0.2, 0.25) is 0 Å². The normalized spacial score (nSPS) is 14.6. The lowest BCUT2D eigenvalue weighted by Gasteiger charge is -2.28. The van der Waals surface area contributed by atoms with Gasteiger partial charge in [0.2, 0.25) is 5.91 Å². The van der Waals surface area contributed by atoms with Crippen molar-refractivity contribution in [2.45, 2.75) is 91.0 Å². The maximum absolute atomic E-state index is 13.1. The fraction of sp³-hybridized carbons (Fsp3) is 0.593. The number of carbonyl (C=O) groups excluding carboxylic acids is 2. The zero-order valence-corrected chi connectivity index (χ0v) is 21.5. The zero-order chi connectivity index (χ0) is 24.7. The van der Waals surface area contributed by atoms with Gasteiger partial charge in [-0.2, -0.15) is 5.10 Å². The van der Waals surface area contributed by atoms with Crippen LogP contribution in [0.15, 0.2) is 30.3 Å². The molecular weight excluding hydrogens is 426 g/mol. The highest BCUT2D eigenvalue weighted by Crippen LogP contribution is 2.27. The number of unbranched alkanes of at least 4 members (excludes halogenated alkanes) is 1. The topological polar surface area (TPSA) is 79.3 Å². The van der Waals surface area contributed by atoms with E-state index < -0.39 is 0 Å². The minimum Gasteiger partial charge on any atom is -0.335 e. The van der Waals surface area contributed by atoms with Crippen molar-refractivity contribution in [3.63, 3.8) is 0 Å². The number of hydrogen-bond acceptors (Lipinski definition) is 3. The second-order valence-electron chi connectivity index (χ2n) is 10.5. The summed E-state index contributed by atoms with van der Waals surface area (Å²) in [5.74, 6) is 0.400. The summed E-state index contributed by atoms with van der Waals surface area (Å²) in [6.45, 7) is 11.0. The molecule has 1 saturated carbocycles. The van der Waals surface area contributed by atoms with E-state index in [-0.39, 0.29) is 29.9 Å². The summed E-state index contributed by atoms with van der Waals surface area (Å²) in [7, 11) is 0. The Morgan fingerprint density at radius 3 is 2.50 bits per heavy atom. The van der Waals surface area contributed by atoms with Crippen molar-refractivity contribution >= 4 is 17.8 Å². The summed E-state index contributed by atoms with van der Waals surface area (Å²) in [4.78, 5) is 27.8. The van der Waals surface area contributed by atoms with E-state index in [0.29, 0.717) is 12.4 Å². The van der Waals surface area contributed by atoms with Crippen molar-refractivity contribution in [2.75, 3.05) is 18.4 Å². The molecule has 7 nitrogen and oxygen atoms in total. The molecule has 0 saturated heterocycles. The average molecular weight is 468 g/mol. The third kappa shape index (κ3) is 6.84. The molecule has 3 rings (SSSR count). The Balaban J connectivity index is 1.77. The number of hydrogen-bond donors (Lipinski definition) is 2. The van der Waals surface area contributed by atoms with Gasteiger partial charge in [-0.1, -0.05) is 71.6 Å². The van der Waals surface area contributed by atoms with Crippen LogP contribution in [0.1, 0.15) is 83.9 Å². The first-order valence-electron chi connectivity index (χ1n) is 12.7. The van der Waals surface area contributed by atoms with Crippen LogP contribution in [0.25, 0.3) is 5.69 Å². The molecule has 186 valence electrons. The van der Waals surface area contributed by atoms with E-state index in [2.05, 4.69) is 38.3 Å². The van der Waals surface area contributed by atoms with E-state index in [1.165, 1.54) is 6.42 Å². The van der Waals surface area contributed by atoms with E-state index in [1.54, 1.807) is 9.58 Å². The van der Waals surface area contributed by atoms with Crippen molar-refractivity contribution in [3.8, 4) is 5.69 Å². The van der Waals surface area contributed by atoms with Crippen molar-refractivity contribution in [1.82, 2.24) is 20.0 Å². The van der Waals surface area contributed by atoms with Crippen molar-refractivity contribution in [3.05, 3.63) is 41.6 Å². The standard InChI is InChI=1S/C27H41N5O2/c1-6-7-17-31(26(34)28-21-14-9-8-10-15-21)19-25(33)29-24-18-23(27(3,4)5)30-32(24)22-16-12-11-13-20(22)2/h11-13,16,18,21H,6-10,14-15,17,19H2,1-5H3,(H,28,34)(H,29,33). The Hall–Kier alpha value is -2.83. The van der Waals surface area contributed by atoms with Crippen LogP contribution < -0.4 is 10.6 Å². The van der Waals surface area contributed by atoms with Crippen LogP contribution in [-0.2, 0) is 10.2 Å². The number of anilines is 1. The van der Waals surface area contributed by atoms with Gasteiger partial charge in [-0.15, -0.1) is 0 Å². The quantitative estimate of drug-likeness (QED) is 0.533. The Labute approximate surface area is 204 Å². The fourth-order valence-electron chi connectivity index (χ4n) is 4.29. The first-order chi connectivity index (χ1) is 16.2. The number of para-hydroxylation sites is 1. The molecule has 1 aromatic carbocycles. The van der Waals surface area contributed by atoms with Gasteiger partial charge in [0.05, 0.1) is 11.4 Å². The maximum atomic E-state index is 13.1. The number of aryl methyl sites for hydroxylation is 1. The van der Waals surface area contributed by atoms with Crippen LogP contribution >= 0.6 is 0 Å². The molecule has 0 radical (unpaired) electrons. The molecule has 34 heavy (non-hydrogen) atoms. The van der Waals surface area contributed by atoms with E-state index in [9.17, 15) is 9.59 Å². The monoisotopic (exact) mass is 467 g/mol.